The summed E-state index contributed by atoms with van der Waals surface area (Å²) in [4.78, 5) is 18.8. The molecule has 0 N–H and O–H groups in total. The van der Waals surface area contributed by atoms with Crippen molar-refractivity contribution in [2.45, 2.75) is 51.9 Å². The summed E-state index contributed by atoms with van der Waals surface area (Å²) in [6.45, 7) is 13.9. The lowest BCUT2D eigenvalue weighted by Gasteiger charge is -2.36. The number of ether oxygens (including phenoxy) is 2. The summed E-state index contributed by atoms with van der Waals surface area (Å²) in [5.74, 6) is 0. The molecule has 0 saturated carbocycles. The predicted octanol–water partition coefficient (Wildman–Crippen LogP) is 3.22. The minimum Gasteiger partial charge on any atom is -0.444 e. The quantitative estimate of drug-likeness (QED) is 0.730. The SMILES string of the molecule is CC(C)(C)OC(=O)N1CCN(CCOC2CCN(Cc3ccccc3)CC2)CC1. The molecule has 0 bridgehead atoms. The largest absolute Gasteiger partial charge is 0.444 e. The summed E-state index contributed by atoms with van der Waals surface area (Å²) in [5.41, 5.74) is 0.955. The molecule has 0 aliphatic carbocycles. The summed E-state index contributed by atoms with van der Waals surface area (Å²) in [6.07, 6.45) is 2.40. The van der Waals surface area contributed by atoms with Gasteiger partial charge in [0.15, 0.2) is 0 Å². The summed E-state index contributed by atoms with van der Waals surface area (Å²) in [7, 11) is 0. The van der Waals surface area contributed by atoms with Crippen molar-refractivity contribution >= 4 is 6.09 Å². The normalized spacial score (nSPS) is 20.0. The highest BCUT2D eigenvalue weighted by molar-refractivity contribution is 5.68. The number of hydrogen-bond acceptors (Lipinski definition) is 5. The molecular formula is C23H37N3O3. The number of piperidine rings is 1. The zero-order valence-electron chi connectivity index (χ0n) is 18.3. The molecule has 29 heavy (non-hydrogen) atoms. The Balaban J connectivity index is 1.27. The van der Waals surface area contributed by atoms with Crippen LogP contribution in [-0.2, 0) is 16.0 Å². The average Bonchev–Trinajstić information content (AvgIpc) is 2.69. The van der Waals surface area contributed by atoms with Crippen molar-refractivity contribution in [3.05, 3.63) is 35.9 Å². The van der Waals surface area contributed by atoms with Crippen LogP contribution < -0.4 is 0 Å². The summed E-state index contributed by atoms with van der Waals surface area (Å²) in [6, 6.07) is 10.7. The second-order valence-electron chi connectivity index (χ2n) is 9.14. The van der Waals surface area contributed by atoms with Crippen molar-refractivity contribution in [3.63, 3.8) is 0 Å². The van der Waals surface area contributed by atoms with Crippen LogP contribution in [0.1, 0.15) is 39.2 Å². The number of rotatable bonds is 6. The molecule has 0 aromatic heterocycles. The number of likely N-dealkylation sites (tertiary alicyclic amines) is 1. The molecular weight excluding hydrogens is 366 g/mol. The van der Waals surface area contributed by atoms with Crippen LogP contribution in [0.15, 0.2) is 30.3 Å². The first kappa shape index (κ1) is 22.1. The van der Waals surface area contributed by atoms with Gasteiger partial charge in [-0.3, -0.25) is 9.80 Å². The molecule has 2 heterocycles. The zero-order chi connectivity index (χ0) is 20.7. The molecule has 162 valence electrons. The smallest absolute Gasteiger partial charge is 0.410 e. The van der Waals surface area contributed by atoms with Gasteiger partial charge in [-0.05, 0) is 39.2 Å². The van der Waals surface area contributed by atoms with E-state index in [0.29, 0.717) is 6.10 Å². The third-order valence-corrected chi connectivity index (χ3v) is 5.57. The molecule has 2 saturated heterocycles. The first-order valence-corrected chi connectivity index (χ1v) is 11.0. The van der Waals surface area contributed by atoms with Gasteiger partial charge in [0.1, 0.15) is 5.60 Å². The van der Waals surface area contributed by atoms with E-state index >= 15 is 0 Å². The Kier molecular flexibility index (Phi) is 7.92. The van der Waals surface area contributed by atoms with Crippen LogP contribution in [-0.4, -0.2) is 84.9 Å². The van der Waals surface area contributed by atoms with E-state index in [2.05, 4.69) is 40.1 Å². The van der Waals surface area contributed by atoms with Gasteiger partial charge in [0.25, 0.3) is 0 Å². The van der Waals surface area contributed by atoms with Gasteiger partial charge in [-0.2, -0.15) is 0 Å². The molecule has 0 unspecified atom stereocenters. The number of benzene rings is 1. The molecule has 2 fully saturated rings. The lowest BCUT2D eigenvalue weighted by molar-refractivity contribution is -0.0116. The van der Waals surface area contributed by atoms with Gasteiger partial charge in [-0.1, -0.05) is 30.3 Å². The summed E-state index contributed by atoms with van der Waals surface area (Å²) in [5, 5.41) is 0. The highest BCUT2D eigenvalue weighted by Crippen LogP contribution is 2.17. The highest BCUT2D eigenvalue weighted by atomic mass is 16.6. The van der Waals surface area contributed by atoms with Crippen molar-refractivity contribution in [2.75, 3.05) is 52.4 Å². The van der Waals surface area contributed by atoms with E-state index < -0.39 is 5.60 Å². The number of carbonyl (C=O) groups is 1. The van der Waals surface area contributed by atoms with Gasteiger partial charge < -0.3 is 14.4 Å². The minimum absolute atomic E-state index is 0.198. The van der Waals surface area contributed by atoms with Crippen molar-refractivity contribution in [1.29, 1.82) is 0 Å². The minimum atomic E-state index is -0.432. The van der Waals surface area contributed by atoms with Crippen LogP contribution in [0.5, 0.6) is 0 Å². The third kappa shape index (κ3) is 7.61. The average molecular weight is 404 g/mol. The molecule has 0 spiro atoms. The summed E-state index contributed by atoms with van der Waals surface area (Å²) < 4.78 is 11.6. The fraction of sp³-hybridized carbons (Fsp3) is 0.696. The summed E-state index contributed by atoms with van der Waals surface area (Å²) >= 11 is 0. The number of carbonyl (C=O) groups excluding carboxylic acids is 1. The van der Waals surface area contributed by atoms with Crippen LogP contribution >= 0.6 is 0 Å². The van der Waals surface area contributed by atoms with E-state index in [1.165, 1.54) is 5.56 Å². The van der Waals surface area contributed by atoms with E-state index in [4.69, 9.17) is 9.47 Å². The second-order valence-corrected chi connectivity index (χ2v) is 9.14. The highest BCUT2D eigenvalue weighted by Gasteiger charge is 2.26. The van der Waals surface area contributed by atoms with E-state index in [0.717, 1.165) is 71.8 Å². The van der Waals surface area contributed by atoms with Gasteiger partial charge in [0.2, 0.25) is 0 Å². The maximum Gasteiger partial charge on any atom is 0.410 e. The first-order valence-electron chi connectivity index (χ1n) is 11.0. The Morgan fingerprint density at radius 3 is 2.24 bits per heavy atom. The van der Waals surface area contributed by atoms with Crippen LogP contribution in [0.4, 0.5) is 4.79 Å². The Morgan fingerprint density at radius 2 is 1.62 bits per heavy atom. The predicted molar refractivity (Wildman–Crippen MR) is 115 cm³/mol. The molecule has 0 atom stereocenters. The Bertz CT molecular complexity index is 616. The molecule has 6 heteroatoms. The van der Waals surface area contributed by atoms with Gasteiger partial charge in [0.05, 0.1) is 12.7 Å². The maximum atomic E-state index is 12.1. The van der Waals surface area contributed by atoms with Crippen LogP contribution in [0.2, 0.25) is 0 Å². The number of piperazine rings is 1. The molecule has 1 amide bonds. The van der Waals surface area contributed by atoms with Gasteiger partial charge in [0, 0.05) is 52.4 Å². The molecule has 2 aliphatic heterocycles. The van der Waals surface area contributed by atoms with Crippen molar-refractivity contribution in [2.24, 2.45) is 0 Å². The standard InChI is InChI=1S/C23H37N3O3/c1-23(2,3)29-22(27)26-15-13-24(14-16-26)17-18-28-21-9-11-25(12-10-21)19-20-7-5-4-6-8-20/h4-8,21H,9-19H2,1-3H3. The molecule has 1 aromatic carbocycles. The van der Waals surface area contributed by atoms with E-state index in [-0.39, 0.29) is 6.09 Å². The molecule has 0 radical (unpaired) electrons. The molecule has 6 nitrogen and oxygen atoms in total. The van der Waals surface area contributed by atoms with Crippen molar-refractivity contribution in [1.82, 2.24) is 14.7 Å². The van der Waals surface area contributed by atoms with E-state index in [1.807, 2.05) is 25.7 Å². The molecule has 3 rings (SSSR count). The Labute approximate surface area is 175 Å². The van der Waals surface area contributed by atoms with Gasteiger partial charge >= 0.3 is 6.09 Å². The van der Waals surface area contributed by atoms with Gasteiger partial charge in [-0.25, -0.2) is 4.79 Å². The van der Waals surface area contributed by atoms with Crippen LogP contribution in [0.3, 0.4) is 0 Å². The monoisotopic (exact) mass is 403 g/mol. The van der Waals surface area contributed by atoms with Crippen LogP contribution in [0.25, 0.3) is 0 Å². The number of hydrogen-bond donors (Lipinski definition) is 0. The number of amides is 1. The van der Waals surface area contributed by atoms with E-state index in [9.17, 15) is 4.79 Å². The zero-order valence-corrected chi connectivity index (χ0v) is 18.3. The number of nitrogens with zero attached hydrogens (tertiary/aromatic N) is 3. The first-order chi connectivity index (χ1) is 13.9. The fourth-order valence-corrected chi connectivity index (χ4v) is 3.90. The van der Waals surface area contributed by atoms with Crippen molar-refractivity contribution < 1.29 is 14.3 Å². The third-order valence-electron chi connectivity index (χ3n) is 5.57. The molecule has 1 aromatic rings. The van der Waals surface area contributed by atoms with E-state index in [1.54, 1.807) is 0 Å². The fourth-order valence-electron chi connectivity index (χ4n) is 3.90. The Hall–Kier alpha value is -1.63. The second kappa shape index (κ2) is 10.4. The lowest BCUT2D eigenvalue weighted by Crippen LogP contribution is -2.50. The van der Waals surface area contributed by atoms with Crippen molar-refractivity contribution in [3.8, 4) is 0 Å². The molecule has 2 aliphatic rings. The van der Waals surface area contributed by atoms with Gasteiger partial charge in [-0.15, -0.1) is 0 Å². The Morgan fingerprint density at radius 1 is 0.966 bits per heavy atom. The topological polar surface area (TPSA) is 45.3 Å². The van der Waals surface area contributed by atoms with Crippen LogP contribution in [0, 0.1) is 0 Å². The lowest BCUT2D eigenvalue weighted by atomic mass is 10.1. The maximum absolute atomic E-state index is 12.1.